The number of H-pyrrole nitrogens is 1. The fourth-order valence-electron chi connectivity index (χ4n) is 2.62. The van der Waals surface area contributed by atoms with Crippen LogP contribution in [0, 0.1) is 6.92 Å². The quantitative estimate of drug-likeness (QED) is 0.873. The minimum Gasteiger partial charge on any atom is -0.361 e. The molecule has 0 aliphatic carbocycles. The molecule has 96 valence electrons. The predicted molar refractivity (Wildman–Crippen MR) is 76.2 cm³/mol. The maximum atomic E-state index is 6.15. The van der Waals surface area contributed by atoms with Crippen molar-refractivity contribution in [3.05, 3.63) is 34.5 Å². The normalized spacial score (nSPS) is 17.4. The maximum Gasteiger partial charge on any atom is 0.0501 e. The number of aromatic nitrogens is 1. The Hall–Kier alpha value is -1.03. The van der Waals surface area contributed by atoms with Gasteiger partial charge in [0.15, 0.2) is 0 Å². The molecule has 0 saturated carbocycles. The van der Waals surface area contributed by atoms with Gasteiger partial charge in [-0.3, -0.25) is 4.90 Å². The van der Waals surface area contributed by atoms with E-state index in [1.807, 2.05) is 6.07 Å². The van der Waals surface area contributed by atoms with E-state index in [1.54, 1.807) is 0 Å². The lowest BCUT2D eigenvalue weighted by Crippen LogP contribution is -2.42. The number of hydrogen-bond donors (Lipinski definition) is 2. The molecule has 1 aromatic heterocycles. The fourth-order valence-corrected chi connectivity index (χ4v) is 2.78. The second-order valence-electron chi connectivity index (χ2n) is 4.94. The van der Waals surface area contributed by atoms with Crippen LogP contribution in [0.25, 0.3) is 10.9 Å². The Balaban J connectivity index is 1.90. The Labute approximate surface area is 112 Å². The van der Waals surface area contributed by atoms with E-state index in [0.717, 1.165) is 43.3 Å². The van der Waals surface area contributed by atoms with Gasteiger partial charge in [-0.05, 0) is 24.1 Å². The molecule has 0 spiro atoms. The third-order valence-corrected chi connectivity index (χ3v) is 4.15. The summed E-state index contributed by atoms with van der Waals surface area (Å²) < 4.78 is 0. The van der Waals surface area contributed by atoms with Crippen molar-refractivity contribution < 1.29 is 0 Å². The number of halogens is 1. The first-order valence-electron chi connectivity index (χ1n) is 6.44. The van der Waals surface area contributed by atoms with Crippen LogP contribution in [0.15, 0.2) is 18.3 Å². The van der Waals surface area contributed by atoms with Crippen LogP contribution < -0.4 is 5.32 Å². The van der Waals surface area contributed by atoms with Gasteiger partial charge in [0.1, 0.15) is 0 Å². The number of fused-ring (bicyclic) bond motifs is 1. The minimum absolute atomic E-state index is 0.832. The number of aryl methyl sites for hydroxylation is 1. The zero-order valence-corrected chi connectivity index (χ0v) is 11.3. The number of nitrogens with zero attached hydrogens (tertiary/aromatic N) is 1. The molecule has 1 aliphatic heterocycles. The van der Waals surface area contributed by atoms with Crippen LogP contribution in [-0.2, 0) is 6.54 Å². The highest BCUT2D eigenvalue weighted by Gasteiger charge is 2.13. The summed E-state index contributed by atoms with van der Waals surface area (Å²) in [7, 11) is 0. The third kappa shape index (κ3) is 2.14. The average Bonchev–Trinajstić information content (AvgIpc) is 2.79. The van der Waals surface area contributed by atoms with Crippen molar-refractivity contribution in [1.82, 2.24) is 15.2 Å². The Morgan fingerprint density at radius 1 is 1.28 bits per heavy atom. The van der Waals surface area contributed by atoms with Gasteiger partial charge in [0.2, 0.25) is 0 Å². The molecule has 3 rings (SSSR count). The van der Waals surface area contributed by atoms with Crippen molar-refractivity contribution >= 4 is 22.5 Å². The highest BCUT2D eigenvalue weighted by molar-refractivity contribution is 6.32. The number of nitrogens with one attached hydrogen (secondary N) is 2. The van der Waals surface area contributed by atoms with Crippen LogP contribution >= 0.6 is 11.6 Å². The van der Waals surface area contributed by atoms with Gasteiger partial charge in [0, 0.05) is 49.3 Å². The monoisotopic (exact) mass is 263 g/mol. The summed E-state index contributed by atoms with van der Waals surface area (Å²) in [5.41, 5.74) is 3.68. The molecule has 1 aromatic carbocycles. The van der Waals surface area contributed by atoms with E-state index >= 15 is 0 Å². The SMILES string of the molecule is Cc1c(Cl)ccc2c(CN3CCNCC3)c[nH]c12. The lowest BCUT2D eigenvalue weighted by Gasteiger charge is -2.26. The molecular weight excluding hydrogens is 246 g/mol. The van der Waals surface area contributed by atoms with Crippen LogP contribution in [0.2, 0.25) is 5.02 Å². The molecule has 1 saturated heterocycles. The highest BCUT2D eigenvalue weighted by atomic mass is 35.5. The van der Waals surface area contributed by atoms with E-state index < -0.39 is 0 Å². The molecule has 1 fully saturated rings. The minimum atomic E-state index is 0.832. The summed E-state index contributed by atoms with van der Waals surface area (Å²) in [6, 6.07) is 4.12. The summed E-state index contributed by atoms with van der Waals surface area (Å²) in [6.45, 7) is 7.51. The maximum absolute atomic E-state index is 6.15. The summed E-state index contributed by atoms with van der Waals surface area (Å²) in [4.78, 5) is 5.85. The van der Waals surface area contributed by atoms with Gasteiger partial charge in [-0.1, -0.05) is 17.7 Å². The van der Waals surface area contributed by atoms with Crippen molar-refractivity contribution in [1.29, 1.82) is 0 Å². The molecule has 2 aromatic rings. The van der Waals surface area contributed by atoms with E-state index in [2.05, 4.69) is 34.4 Å². The van der Waals surface area contributed by atoms with Gasteiger partial charge in [0.05, 0.1) is 5.52 Å². The van der Waals surface area contributed by atoms with Crippen molar-refractivity contribution in [2.24, 2.45) is 0 Å². The first-order chi connectivity index (χ1) is 8.75. The Morgan fingerprint density at radius 3 is 2.83 bits per heavy atom. The summed E-state index contributed by atoms with van der Waals surface area (Å²) in [6.07, 6.45) is 2.12. The second-order valence-corrected chi connectivity index (χ2v) is 5.34. The largest absolute Gasteiger partial charge is 0.361 e. The van der Waals surface area contributed by atoms with Gasteiger partial charge in [0.25, 0.3) is 0 Å². The zero-order chi connectivity index (χ0) is 12.5. The van der Waals surface area contributed by atoms with Crippen molar-refractivity contribution in [3.63, 3.8) is 0 Å². The van der Waals surface area contributed by atoms with E-state index in [1.165, 1.54) is 16.5 Å². The molecule has 0 amide bonds. The Bertz CT molecular complexity index is 555. The van der Waals surface area contributed by atoms with E-state index in [4.69, 9.17) is 11.6 Å². The average molecular weight is 264 g/mol. The second kappa shape index (κ2) is 4.92. The van der Waals surface area contributed by atoms with Crippen molar-refractivity contribution in [2.45, 2.75) is 13.5 Å². The van der Waals surface area contributed by atoms with Gasteiger partial charge in [-0.25, -0.2) is 0 Å². The van der Waals surface area contributed by atoms with Gasteiger partial charge < -0.3 is 10.3 Å². The molecule has 0 atom stereocenters. The van der Waals surface area contributed by atoms with Crippen LogP contribution in [0.5, 0.6) is 0 Å². The van der Waals surface area contributed by atoms with E-state index in [-0.39, 0.29) is 0 Å². The number of piperazine rings is 1. The summed E-state index contributed by atoms with van der Waals surface area (Å²) >= 11 is 6.15. The first-order valence-corrected chi connectivity index (χ1v) is 6.81. The molecule has 2 heterocycles. The van der Waals surface area contributed by atoms with Crippen LogP contribution in [0.1, 0.15) is 11.1 Å². The summed E-state index contributed by atoms with van der Waals surface area (Å²) in [5, 5.41) is 5.51. The number of hydrogen-bond acceptors (Lipinski definition) is 2. The predicted octanol–water partition coefficient (Wildman–Crippen LogP) is 2.53. The number of rotatable bonds is 2. The topological polar surface area (TPSA) is 31.1 Å². The van der Waals surface area contributed by atoms with Gasteiger partial charge >= 0.3 is 0 Å². The van der Waals surface area contributed by atoms with E-state index in [0.29, 0.717) is 0 Å². The standard InChI is InChI=1S/C14H18ClN3/c1-10-13(15)3-2-12-11(8-17-14(10)12)9-18-6-4-16-5-7-18/h2-3,8,16-17H,4-7,9H2,1H3. The molecule has 2 N–H and O–H groups in total. The van der Waals surface area contributed by atoms with E-state index in [9.17, 15) is 0 Å². The molecule has 0 radical (unpaired) electrons. The van der Waals surface area contributed by atoms with Crippen molar-refractivity contribution in [3.8, 4) is 0 Å². The fraction of sp³-hybridized carbons (Fsp3) is 0.429. The van der Waals surface area contributed by atoms with Crippen molar-refractivity contribution in [2.75, 3.05) is 26.2 Å². The molecule has 4 heteroatoms. The van der Waals surface area contributed by atoms with Crippen LogP contribution in [-0.4, -0.2) is 36.1 Å². The molecule has 18 heavy (non-hydrogen) atoms. The number of aromatic amines is 1. The van der Waals surface area contributed by atoms with Crippen LogP contribution in [0.3, 0.4) is 0 Å². The molecule has 0 bridgehead atoms. The molecular formula is C14H18ClN3. The smallest absolute Gasteiger partial charge is 0.0501 e. The van der Waals surface area contributed by atoms with Gasteiger partial charge in [-0.15, -0.1) is 0 Å². The zero-order valence-electron chi connectivity index (χ0n) is 10.6. The first kappa shape index (κ1) is 12.0. The lowest BCUT2D eigenvalue weighted by molar-refractivity contribution is 0.234. The third-order valence-electron chi connectivity index (χ3n) is 3.74. The Morgan fingerprint density at radius 2 is 2.06 bits per heavy atom. The summed E-state index contributed by atoms with van der Waals surface area (Å²) in [5.74, 6) is 0. The van der Waals surface area contributed by atoms with Gasteiger partial charge in [-0.2, -0.15) is 0 Å². The molecule has 3 nitrogen and oxygen atoms in total. The number of benzene rings is 1. The highest BCUT2D eigenvalue weighted by Crippen LogP contribution is 2.27. The lowest BCUT2D eigenvalue weighted by atomic mass is 10.1. The van der Waals surface area contributed by atoms with Crippen LogP contribution in [0.4, 0.5) is 0 Å². The Kier molecular flexibility index (Phi) is 3.29. The molecule has 1 aliphatic rings. The molecule has 0 unspecified atom stereocenters.